The largest absolute Gasteiger partial charge is 0.469 e. The van der Waals surface area contributed by atoms with E-state index in [1.54, 1.807) is 6.26 Å². The molecule has 0 bridgehead atoms. The van der Waals surface area contributed by atoms with Crippen LogP contribution in [0, 0.1) is 0 Å². The van der Waals surface area contributed by atoms with Crippen LogP contribution < -0.4 is 10.6 Å². The standard InChI is InChI=1S/C19H32N4O2.HI/c1-16(23-10-13-24-14-11-23)15-21-19(22-17-5-2-3-6-17)20-9-8-18-7-4-12-25-18;/h4,7,12,16-17H,2-3,5-6,8-11,13-15H2,1H3,(H2,20,21,22);1H. The molecule has 1 saturated heterocycles. The van der Waals surface area contributed by atoms with Gasteiger partial charge in [-0.1, -0.05) is 12.8 Å². The van der Waals surface area contributed by atoms with Gasteiger partial charge in [-0.2, -0.15) is 0 Å². The normalized spacial score (nSPS) is 20.6. The summed E-state index contributed by atoms with van der Waals surface area (Å²) < 4.78 is 10.8. The summed E-state index contributed by atoms with van der Waals surface area (Å²) in [6, 6.07) is 4.96. The lowest BCUT2D eigenvalue weighted by Gasteiger charge is -2.31. The summed E-state index contributed by atoms with van der Waals surface area (Å²) >= 11 is 0. The zero-order chi connectivity index (χ0) is 17.3. The van der Waals surface area contributed by atoms with E-state index < -0.39 is 0 Å². The first-order valence-corrected chi connectivity index (χ1v) is 9.70. The van der Waals surface area contributed by atoms with Crippen LogP contribution in [0.2, 0.25) is 0 Å². The van der Waals surface area contributed by atoms with Crippen molar-refractivity contribution in [2.75, 3.05) is 39.4 Å². The van der Waals surface area contributed by atoms with Crippen LogP contribution in [0.15, 0.2) is 27.8 Å². The van der Waals surface area contributed by atoms with Crippen LogP contribution in [0.25, 0.3) is 0 Å². The monoisotopic (exact) mass is 476 g/mol. The Bertz CT molecular complexity index is 512. The van der Waals surface area contributed by atoms with E-state index in [-0.39, 0.29) is 24.0 Å². The number of furan rings is 1. The highest BCUT2D eigenvalue weighted by atomic mass is 127. The molecule has 1 saturated carbocycles. The van der Waals surface area contributed by atoms with Crippen LogP contribution >= 0.6 is 24.0 Å². The quantitative estimate of drug-likeness (QED) is 0.360. The van der Waals surface area contributed by atoms with Gasteiger partial charge in [-0.3, -0.25) is 9.89 Å². The van der Waals surface area contributed by atoms with E-state index in [1.165, 1.54) is 25.7 Å². The highest BCUT2D eigenvalue weighted by molar-refractivity contribution is 14.0. The highest BCUT2D eigenvalue weighted by Crippen LogP contribution is 2.17. The average molecular weight is 476 g/mol. The zero-order valence-electron chi connectivity index (χ0n) is 15.8. The van der Waals surface area contributed by atoms with Gasteiger partial charge in [0.25, 0.3) is 0 Å². The minimum atomic E-state index is 0. The summed E-state index contributed by atoms with van der Waals surface area (Å²) in [5, 5.41) is 7.10. The number of rotatable bonds is 7. The van der Waals surface area contributed by atoms with E-state index in [4.69, 9.17) is 14.1 Å². The minimum absolute atomic E-state index is 0. The maximum Gasteiger partial charge on any atom is 0.191 e. The molecule has 0 amide bonds. The van der Waals surface area contributed by atoms with Gasteiger partial charge in [-0.25, -0.2) is 0 Å². The van der Waals surface area contributed by atoms with Crippen molar-refractivity contribution in [2.45, 2.75) is 51.1 Å². The molecule has 7 heteroatoms. The van der Waals surface area contributed by atoms with Gasteiger partial charge in [-0.05, 0) is 31.9 Å². The van der Waals surface area contributed by atoms with Crippen molar-refractivity contribution in [1.29, 1.82) is 0 Å². The molecule has 0 spiro atoms. The van der Waals surface area contributed by atoms with Crippen molar-refractivity contribution in [3.05, 3.63) is 24.2 Å². The number of morpholine rings is 1. The predicted molar refractivity (Wildman–Crippen MR) is 115 cm³/mol. The van der Waals surface area contributed by atoms with Gasteiger partial charge in [0.1, 0.15) is 5.76 Å². The summed E-state index contributed by atoms with van der Waals surface area (Å²) in [5.41, 5.74) is 0. The molecule has 6 nitrogen and oxygen atoms in total. The smallest absolute Gasteiger partial charge is 0.191 e. The van der Waals surface area contributed by atoms with Crippen molar-refractivity contribution in [3.8, 4) is 0 Å². The summed E-state index contributed by atoms with van der Waals surface area (Å²) in [5.74, 6) is 1.95. The van der Waals surface area contributed by atoms with Crippen molar-refractivity contribution < 1.29 is 9.15 Å². The Balaban J connectivity index is 0.00000243. The van der Waals surface area contributed by atoms with Gasteiger partial charge in [-0.15, -0.1) is 24.0 Å². The molecule has 1 aliphatic carbocycles. The Labute approximate surface area is 174 Å². The Morgan fingerprint density at radius 1 is 1.31 bits per heavy atom. The average Bonchev–Trinajstić information content (AvgIpc) is 3.34. The fourth-order valence-corrected chi connectivity index (χ4v) is 3.53. The number of hydrogen-bond acceptors (Lipinski definition) is 4. The number of halogens is 1. The third kappa shape index (κ3) is 7.08. The fraction of sp³-hybridized carbons (Fsp3) is 0.737. The number of nitrogens with zero attached hydrogens (tertiary/aromatic N) is 2. The first-order valence-electron chi connectivity index (χ1n) is 9.70. The Morgan fingerprint density at radius 3 is 2.77 bits per heavy atom. The Kier molecular flexibility index (Phi) is 9.77. The van der Waals surface area contributed by atoms with Gasteiger partial charge in [0.15, 0.2) is 5.96 Å². The topological polar surface area (TPSA) is 62.0 Å². The molecule has 1 unspecified atom stereocenters. The molecular formula is C19H33IN4O2. The van der Waals surface area contributed by atoms with Crippen LogP contribution in [0.3, 0.4) is 0 Å². The summed E-state index contributed by atoms with van der Waals surface area (Å²) in [6.07, 6.45) is 7.74. The molecular weight excluding hydrogens is 443 g/mol. The van der Waals surface area contributed by atoms with Crippen LogP contribution in [0.1, 0.15) is 38.4 Å². The summed E-state index contributed by atoms with van der Waals surface area (Å²) in [6.45, 7) is 7.58. The molecule has 1 aromatic heterocycles. The molecule has 2 heterocycles. The molecule has 2 aliphatic rings. The molecule has 1 atom stereocenters. The van der Waals surface area contributed by atoms with Crippen LogP contribution in [-0.2, 0) is 11.2 Å². The summed E-state index contributed by atoms with van der Waals surface area (Å²) in [7, 11) is 0. The van der Waals surface area contributed by atoms with E-state index in [9.17, 15) is 0 Å². The molecule has 0 radical (unpaired) electrons. The predicted octanol–water partition coefficient (Wildman–Crippen LogP) is 2.64. The van der Waals surface area contributed by atoms with Crippen LogP contribution in [0.4, 0.5) is 0 Å². The van der Waals surface area contributed by atoms with Crippen LogP contribution in [-0.4, -0.2) is 62.3 Å². The SMILES string of the molecule is CC(CN=C(NCCc1ccco1)NC1CCCC1)N1CCOCC1.I. The van der Waals surface area contributed by atoms with E-state index in [2.05, 4.69) is 22.5 Å². The molecule has 0 aromatic carbocycles. The molecule has 3 rings (SSSR count). The number of nitrogens with one attached hydrogen (secondary N) is 2. The van der Waals surface area contributed by atoms with E-state index in [1.807, 2.05) is 12.1 Å². The molecule has 1 aromatic rings. The maximum atomic E-state index is 5.44. The number of hydrogen-bond donors (Lipinski definition) is 2. The number of aliphatic imine (C=N–C) groups is 1. The fourth-order valence-electron chi connectivity index (χ4n) is 3.53. The molecule has 2 fully saturated rings. The first kappa shape index (κ1) is 21.5. The van der Waals surface area contributed by atoms with Crippen molar-refractivity contribution in [1.82, 2.24) is 15.5 Å². The lowest BCUT2D eigenvalue weighted by Crippen LogP contribution is -2.46. The first-order chi connectivity index (χ1) is 12.3. The van der Waals surface area contributed by atoms with Gasteiger partial charge >= 0.3 is 0 Å². The molecule has 2 N–H and O–H groups in total. The minimum Gasteiger partial charge on any atom is -0.469 e. The van der Waals surface area contributed by atoms with E-state index in [0.717, 1.165) is 57.5 Å². The lowest BCUT2D eigenvalue weighted by atomic mass is 10.2. The Morgan fingerprint density at radius 2 is 2.08 bits per heavy atom. The van der Waals surface area contributed by atoms with Gasteiger partial charge in [0, 0.05) is 38.1 Å². The highest BCUT2D eigenvalue weighted by Gasteiger charge is 2.18. The van der Waals surface area contributed by atoms with Crippen molar-refractivity contribution >= 4 is 29.9 Å². The lowest BCUT2D eigenvalue weighted by molar-refractivity contribution is 0.0220. The van der Waals surface area contributed by atoms with E-state index >= 15 is 0 Å². The van der Waals surface area contributed by atoms with Crippen molar-refractivity contribution in [3.63, 3.8) is 0 Å². The Hall–Kier alpha value is -0.800. The summed E-state index contributed by atoms with van der Waals surface area (Å²) in [4.78, 5) is 7.32. The second kappa shape index (κ2) is 11.8. The molecule has 26 heavy (non-hydrogen) atoms. The number of guanidine groups is 1. The second-order valence-electron chi connectivity index (χ2n) is 7.07. The van der Waals surface area contributed by atoms with Crippen LogP contribution in [0.5, 0.6) is 0 Å². The van der Waals surface area contributed by atoms with E-state index in [0.29, 0.717) is 12.1 Å². The zero-order valence-corrected chi connectivity index (χ0v) is 18.1. The third-order valence-electron chi connectivity index (χ3n) is 5.12. The van der Waals surface area contributed by atoms with Gasteiger partial charge in [0.2, 0.25) is 0 Å². The number of ether oxygens (including phenoxy) is 1. The second-order valence-corrected chi connectivity index (χ2v) is 7.07. The molecule has 148 valence electrons. The van der Waals surface area contributed by atoms with Gasteiger partial charge < -0.3 is 19.8 Å². The third-order valence-corrected chi connectivity index (χ3v) is 5.12. The van der Waals surface area contributed by atoms with Crippen molar-refractivity contribution in [2.24, 2.45) is 4.99 Å². The maximum absolute atomic E-state index is 5.44. The molecule has 1 aliphatic heterocycles. The van der Waals surface area contributed by atoms with Gasteiger partial charge in [0.05, 0.1) is 26.0 Å².